The number of nitrogens with zero attached hydrogens (tertiary/aromatic N) is 4. The van der Waals surface area contributed by atoms with Crippen LogP contribution in [0.1, 0.15) is 21.7 Å². The first-order chi connectivity index (χ1) is 16.5. The van der Waals surface area contributed by atoms with Crippen molar-refractivity contribution in [2.75, 3.05) is 38.1 Å². The van der Waals surface area contributed by atoms with Crippen molar-refractivity contribution in [2.45, 2.75) is 13.8 Å². The summed E-state index contributed by atoms with van der Waals surface area (Å²) < 4.78 is 0. The van der Waals surface area contributed by atoms with E-state index in [1.807, 2.05) is 17.8 Å². The fraction of sp³-hybridized carbons (Fsp3) is 0.269. The number of anilines is 1. The van der Waals surface area contributed by atoms with Crippen LogP contribution in [-0.4, -0.2) is 64.7 Å². The maximum Gasteiger partial charge on any atom is 0.290 e. The van der Waals surface area contributed by atoms with E-state index in [1.165, 1.54) is 22.4 Å². The SMILES string of the molecule is Cc1cc(-c2cnc3[nH]cc(C#Cc4nccs4)c3c2)cc(C)c1N1CCN(C)CC1.O=CO. The number of likely N-dealkylation sites (N-methyl/N-ethyl adjacent to an activating group) is 1. The van der Waals surface area contributed by atoms with Gasteiger partial charge in [0.15, 0.2) is 5.01 Å². The number of piperazine rings is 1. The highest BCUT2D eigenvalue weighted by Gasteiger charge is 2.18. The van der Waals surface area contributed by atoms with E-state index in [1.54, 1.807) is 17.5 Å². The van der Waals surface area contributed by atoms with E-state index in [4.69, 9.17) is 9.90 Å². The van der Waals surface area contributed by atoms with Gasteiger partial charge in [0.05, 0.1) is 5.56 Å². The van der Waals surface area contributed by atoms with Gasteiger partial charge in [-0.2, -0.15) is 0 Å². The van der Waals surface area contributed by atoms with E-state index in [2.05, 4.69) is 75.7 Å². The number of carboxylic acid groups (broad SMARTS) is 1. The van der Waals surface area contributed by atoms with Gasteiger partial charge in [0.2, 0.25) is 0 Å². The summed E-state index contributed by atoms with van der Waals surface area (Å²) >= 11 is 1.55. The third-order valence-electron chi connectivity index (χ3n) is 5.91. The van der Waals surface area contributed by atoms with Gasteiger partial charge in [0, 0.05) is 66.8 Å². The Hall–Kier alpha value is -3.67. The molecular formula is C26H27N5O2S. The van der Waals surface area contributed by atoms with Crippen LogP contribution in [-0.2, 0) is 4.79 Å². The molecule has 7 nitrogen and oxygen atoms in total. The number of fused-ring (bicyclic) bond motifs is 1. The molecule has 0 atom stereocenters. The molecule has 1 saturated heterocycles. The largest absolute Gasteiger partial charge is 0.483 e. The Labute approximate surface area is 203 Å². The highest BCUT2D eigenvalue weighted by Crippen LogP contribution is 2.32. The number of thiazole rings is 1. The molecule has 3 aromatic heterocycles. The Morgan fingerprint density at radius 2 is 1.76 bits per heavy atom. The van der Waals surface area contributed by atoms with Crippen LogP contribution >= 0.6 is 11.3 Å². The molecular weight excluding hydrogens is 446 g/mol. The Bertz CT molecular complexity index is 1320. The fourth-order valence-electron chi connectivity index (χ4n) is 4.32. The predicted molar refractivity (Wildman–Crippen MR) is 138 cm³/mol. The lowest BCUT2D eigenvalue weighted by molar-refractivity contribution is -0.122. The first kappa shape index (κ1) is 23.5. The van der Waals surface area contributed by atoms with Crippen molar-refractivity contribution >= 4 is 34.5 Å². The zero-order chi connectivity index (χ0) is 24.1. The number of rotatable bonds is 2. The molecule has 0 saturated carbocycles. The number of carbonyl (C=O) groups is 1. The number of aromatic amines is 1. The van der Waals surface area contributed by atoms with E-state index in [0.29, 0.717) is 0 Å². The molecule has 1 fully saturated rings. The second-order valence-corrected chi connectivity index (χ2v) is 9.16. The average molecular weight is 474 g/mol. The van der Waals surface area contributed by atoms with Crippen LogP contribution in [0.3, 0.4) is 0 Å². The van der Waals surface area contributed by atoms with Crippen LogP contribution in [0.5, 0.6) is 0 Å². The Morgan fingerprint density at radius 3 is 2.41 bits per heavy atom. The number of benzene rings is 1. The molecule has 1 aliphatic rings. The van der Waals surface area contributed by atoms with Crippen molar-refractivity contribution < 1.29 is 9.90 Å². The minimum atomic E-state index is -0.250. The van der Waals surface area contributed by atoms with Crippen LogP contribution in [0.4, 0.5) is 5.69 Å². The van der Waals surface area contributed by atoms with Crippen molar-refractivity contribution in [3.63, 3.8) is 0 Å². The van der Waals surface area contributed by atoms with Gasteiger partial charge in [-0.3, -0.25) is 4.79 Å². The molecule has 4 aromatic rings. The van der Waals surface area contributed by atoms with Crippen molar-refractivity contribution in [1.82, 2.24) is 19.9 Å². The zero-order valence-electron chi connectivity index (χ0n) is 19.5. The molecule has 34 heavy (non-hydrogen) atoms. The number of aromatic nitrogens is 3. The number of nitrogens with one attached hydrogen (secondary N) is 1. The molecule has 0 spiro atoms. The molecule has 1 aromatic carbocycles. The summed E-state index contributed by atoms with van der Waals surface area (Å²) in [5, 5.41) is 10.7. The highest BCUT2D eigenvalue weighted by molar-refractivity contribution is 7.10. The lowest BCUT2D eigenvalue weighted by Gasteiger charge is -2.36. The van der Waals surface area contributed by atoms with E-state index < -0.39 is 0 Å². The molecule has 174 valence electrons. The van der Waals surface area contributed by atoms with E-state index in [9.17, 15) is 0 Å². The zero-order valence-corrected chi connectivity index (χ0v) is 20.3. The van der Waals surface area contributed by atoms with Gasteiger partial charge < -0.3 is 19.9 Å². The number of pyridine rings is 1. The second-order valence-electron chi connectivity index (χ2n) is 8.26. The van der Waals surface area contributed by atoms with Crippen LogP contribution in [0, 0.1) is 25.7 Å². The summed E-state index contributed by atoms with van der Waals surface area (Å²) in [6.45, 7) is 8.57. The first-order valence-electron chi connectivity index (χ1n) is 11.0. The predicted octanol–water partition coefficient (Wildman–Crippen LogP) is 4.16. The molecule has 2 N–H and O–H groups in total. The van der Waals surface area contributed by atoms with Gasteiger partial charge >= 0.3 is 0 Å². The van der Waals surface area contributed by atoms with Gasteiger partial charge in [-0.05, 0) is 61.7 Å². The summed E-state index contributed by atoms with van der Waals surface area (Å²) in [7, 11) is 2.19. The molecule has 5 rings (SSSR count). The first-order valence-corrected chi connectivity index (χ1v) is 11.9. The van der Waals surface area contributed by atoms with E-state index >= 15 is 0 Å². The van der Waals surface area contributed by atoms with Gasteiger partial charge in [-0.1, -0.05) is 5.92 Å². The van der Waals surface area contributed by atoms with Crippen LogP contribution in [0.15, 0.2) is 42.2 Å². The maximum absolute atomic E-state index is 8.36. The minimum absolute atomic E-state index is 0.250. The molecule has 4 heterocycles. The Morgan fingerprint density at radius 1 is 1.06 bits per heavy atom. The van der Waals surface area contributed by atoms with Crippen molar-refractivity contribution in [2.24, 2.45) is 0 Å². The summed E-state index contributed by atoms with van der Waals surface area (Å²) in [6, 6.07) is 6.77. The fourth-order valence-corrected chi connectivity index (χ4v) is 4.80. The number of hydrogen-bond acceptors (Lipinski definition) is 6. The summed E-state index contributed by atoms with van der Waals surface area (Å²) in [5.74, 6) is 6.39. The van der Waals surface area contributed by atoms with Gasteiger partial charge in [-0.25, -0.2) is 9.97 Å². The monoisotopic (exact) mass is 473 g/mol. The van der Waals surface area contributed by atoms with Crippen LogP contribution in [0.2, 0.25) is 0 Å². The smallest absolute Gasteiger partial charge is 0.290 e. The van der Waals surface area contributed by atoms with Crippen molar-refractivity contribution in [1.29, 1.82) is 0 Å². The second kappa shape index (κ2) is 10.5. The minimum Gasteiger partial charge on any atom is -0.483 e. The lowest BCUT2D eigenvalue weighted by atomic mass is 9.98. The summed E-state index contributed by atoms with van der Waals surface area (Å²) in [5.41, 5.74) is 8.12. The Kier molecular flexibility index (Phi) is 7.26. The molecule has 0 aliphatic carbocycles. The number of H-pyrrole nitrogens is 1. The quantitative estimate of drug-likeness (QED) is 0.336. The van der Waals surface area contributed by atoms with E-state index in [-0.39, 0.29) is 6.47 Å². The summed E-state index contributed by atoms with van der Waals surface area (Å²) in [4.78, 5) is 25.4. The van der Waals surface area contributed by atoms with Crippen molar-refractivity contribution in [3.8, 4) is 23.0 Å². The maximum atomic E-state index is 8.36. The molecule has 0 unspecified atom stereocenters. The molecule has 0 amide bonds. The molecule has 0 bridgehead atoms. The Balaban J connectivity index is 0.000000868. The van der Waals surface area contributed by atoms with Gasteiger partial charge in [0.1, 0.15) is 5.65 Å². The molecule has 8 heteroatoms. The molecule has 1 aliphatic heterocycles. The normalized spacial score (nSPS) is 13.7. The van der Waals surface area contributed by atoms with Crippen LogP contribution < -0.4 is 4.90 Å². The average Bonchev–Trinajstić information content (AvgIpc) is 3.48. The van der Waals surface area contributed by atoms with Gasteiger partial charge in [0.25, 0.3) is 6.47 Å². The van der Waals surface area contributed by atoms with E-state index in [0.717, 1.165) is 53.3 Å². The summed E-state index contributed by atoms with van der Waals surface area (Å²) in [6.07, 6.45) is 5.65. The number of aryl methyl sites for hydroxylation is 2. The van der Waals surface area contributed by atoms with Gasteiger partial charge in [-0.15, -0.1) is 11.3 Å². The topological polar surface area (TPSA) is 85.4 Å². The van der Waals surface area contributed by atoms with Crippen molar-refractivity contribution in [3.05, 3.63) is 63.9 Å². The standard InChI is InChI=1S/C25H25N5S.CH2O2/c1-17-12-20(13-18(2)24(17)30-9-7-29(3)8-10-30)21-14-22-19(15-27-25(22)28-16-21)4-5-23-26-6-11-31-23;2-1-3/h6,11-16H,7-10H2,1-3H3,(H,27,28);1H,(H,2,3). The third kappa shape index (κ3) is 5.11. The third-order valence-corrected chi connectivity index (χ3v) is 6.60. The number of hydrogen-bond donors (Lipinski definition) is 2. The van der Waals surface area contributed by atoms with Crippen LogP contribution in [0.25, 0.3) is 22.2 Å². The lowest BCUT2D eigenvalue weighted by Crippen LogP contribution is -2.45. The highest BCUT2D eigenvalue weighted by atomic mass is 32.1. The molecule has 0 radical (unpaired) electrons.